The summed E-state index contributed by atoms with van der Waals surface area (Å²) in [7, 11) is 0. The van der Waals surface area contributed by atoms with Crippen molar-refractivity contribution in [2.24, 2.45) is 5.41 Å². The van der Waals surface area contributed by atoms with Crippen molar-refractivity contribution in [2.45, 2.75) is 59.3 Å². The molecule has 2 rings (SSSR count). The fraction of sp³-hybridized carbons (Fsp3) is 0.750. The number of nitrogens with one attached hydrogen (secondary N) is 2. The first-order valence-electron chi connectivity index (χ1n) is 8.00. The van der Waals surface area contributed by atoms with Crippen molar-refractivity contribution in [1.82, 2.24) is 9.97 Å². The first-order chi connectivity index (χ1) is 9.68. The van der Waals surface area contributed by atoms with Crippen LogP contribution in [0.2, 0.25) is 0 Å². The highest BCUT2D eigenvalue weighted by atomic mass is 15.1. The van der Waals surface area contributed by atoms with Gasteiger partial charge in [-0.3, -0.25) is 0 Å². The first-order valence-corrected chi connectivity index (χ1v) is 8.00. The van der Waals surface area contributed by atoms with E-state index in [1.54, 1.807) is 6.33 Å². The molecule has 1 aliphatic carbocycles. The van der Waals surface area contributed by atoms with E-state index in [-0.39, 0.29) is 0 Å². The molecule has 112 valence electrons. The fourth-order valence-electron chi connectivity index (χ4n) is 3.00. The molecular weight excluding hydrogens is 248 g/mol. The first kappa shape index (κ1) is 15.1. The molecule has 1 fully saturated rings. The summed E-state index contributed by atoms with van der Waals surface area (Å²) < 4.78 is 0. The monoisotopic (exact) mass is 276 g/mol. The van der Waals surface area contributed by atoms with Gasteiger partial charge < -0.3 is 10.6 Å². The van der Waals surface area contributed by atoms with E-state index in [1.165, 1.54) is 31.2 Å². The Morgan fingerprint density at radius 2 is 1.75 bits per heavy atom. The lowest BCUT2D eigenvalue weighted by Crippen LogP contribution is -2.24. The van der Waals surface area contributed by atoms with E-state index in [2.05, 4.69) is 41.4 Å². The molecule has 4 heteroatoms. The maximum absolute atomic E-state index is 4.45. The Morgan fingerprint density at radius 1 is 1.10 bits per heavy atom. The summed E-state index contributed by atoms with van der Waals surface area (Å²) in [6, 6.07) is 0. The molecule has 1 heterocycles. The standard InChI is InChI=1S/C16H28N4/c1-4-10-17-14-13(5-2)15(20-12-19-14)18-11-16(3)8-6-7-9-16/h12H,4-11H2,1-3H3,(H2,17,18,19,20). The van der Waals surface area contributed by atoms with Gasteiger partial charge in [0.05, 0.1) is 0 Å². The quantitative estimate of drug-likeness (QED) is 0.794. The van der Waals surface area contributed by atoms with Crippen molar-refractivity contribution in [3.8, 4) is 0 Å². The van der Waals surface area contributed by atoms with Gasteiger partial charge >= 0.3 is 0 Å². The molecule has 4 nitrogen and oxygen atoms in total. The molecule has 0 spiro atoms. The fourth-order valence-corrected chi connectivity index (χ4v) is 3.00. The van der Waals surface area contributed by atoms with E-state index in [4.69, 9.17) is 0 Å². The van der Waals surface area contributed by atoms with Crippen LogP contribution in [0, 0.1) is 5.41 Å². The van der Waals surface area contributed by atoms with Gasteiger partial charge in [-0.2, -0.15) is 0 Å². The van der Waals surface area contributed by atoms with Crippen LogP contribution in [0.3, 0.4) is 0 Å². The highest BCUT2D eigenvalue weighted by Gasteiger charge is 2.28. The Bertz CT molecular complexity index is 424. The van der Waals surface area contributed by atoms with Crippen molar-refractivity contribution in [3.05, 3.63) is 11.9 Å². The molecule has 0 amide bonds. The number of anilines is 2. The molecule has 0 bridgehead atoms. The molecule has 2 N–H and O–H groups in total. The summed E-state index contributed by atoms with van der Waals surface area (Å²) in [6.45, 7) is 8.69. The number of hydrogen-bond donors (Lipinski definition) is 2. The molecule has 0 saturated heterocycles. The van der Waals surface area contributed by atoms with Crippen molar-refractivity contribution in [2.75, 3.05) is 23.7 Å². The Kier molecular flexibility index (Phi) is 5.21. The van der Waals surface area contributed by atoms with Crippen molar-refractivity contribution < 1.29 is 0 Å². The third-order valence-corrected chi connectivity index (χ3v) is 4.33. The van der Waals surface area contributed by atoms with E-state index in [0.29, 0.717) is 5.41 Å². The minimum Gasteiger partial charge on any atom is -0.370 e. The summed E-state index contributed by atoms with van der Waals surface area (Å²) in [5.74, 6) is 2.00. The minimum atomic E-state index is 0.437. The van der Waals surface area contributed by atoms with Crippen LogP contribution in [-0.4, -0.2) is 23.1 Å². The molecule has 0 unspecified atom stereocenters. The summed E-state index contributed by atoms with van der Waals surface area (Å²) in [6.07, 6.45) is 9.11. The van der Waals surface area contributed by atoms with Crippen LogP contribution < -0.4 is 10.6 Å². The van der Waals surface area contributed by atoms with Crippen LogP contribution in [0.4, 0.5) is 11.6 Å². The summed E-state index contributed by atoms with van der Waals surface area (Å²) in [5.41, 5.74) is 1.65. The van der Waals surface area contributed by atoms with Crippen LogP contribution in [0.1, 0.15) is 58.4 Å². The second-order valence-electron chi connectivity index (χ2n) is 6.20. The zero-order chi connectivity index (χ0) is 14.4. The Morgan fingerprint density at radius 3 is 2.35 bits per heavy atom. The average Bonchev–Trinajstić information content (AvgIpc) is 2.90. The van der Waals surface area contributed by atoms with Crippen molar-refractivity contribution >= 4 is 11.6 Å². The van der Waals surface area contributed by atoms with Crippen LogP contribution in [0.15, 0.2) is 6.33 Å². The number of rotatable bonds is 7. The van der Waals surface area contributed by atoms with E-state index in [1.807, 2.05) is 0 Å². The number of hydrogen-bond acceptors (Lipinski definition) is 4. The van der Waals surface area contributed by atoms with Gasteiger partial charge in [-0.25, -0.2) is 9.97 Å². The average molecular weight is 276 g/mol. The van der Waals surface area contributed by atoms with E-state index in [9.17, 15) is 0 Å². The van der Waals surface area contributed by atoms with E-state index < -0.39 is 0 Å². The maximum atomic E-state index is 4.45. The SMILES string of the molecule is CCCNc1ncnc(NCC2(C)CCCC2)c1CC. The zero-order valence-electron chi connectivity index (χ0n) is 13.1. The lowest BCUT2D eigenvalue weighted by molar-refractivity contribution is 0.361. The van der Waals surface area contributed by atoms with Crippen molar-refractivity contribution in [3.63, 3.8) is 0 Å². The normalized spacial score (nSPS) is 17.1. The van der Waals surface area contributed by atoms with Crippen LogP contribution in [0.25, 0.3) is 0 Å². The van der Waals surface area contributed by atoms with Gasteiger partial charge in [0.1, 0.15) is 18.0 Å². The van der Waals surface area contributed by atoms with Crippen LogP contribution in [0.5, 0.6) is 0 Å². The molecule has 1 aliphatic rings. The highest BCUT2D eigenvalue weighted by Crippen LogP contribution is 2.37. The third-order valence-electron chi connectivity index (χ3n) is 4.33. The largest absolute Gasteiger partial charge is 0.370 e. The topological polar surface area (TPSA) is 49.8 Å². The molecule has 0 atom stereocenters. The molecule has 20 heavy (non-hydrogen) atoms. The molecule has 0 aliphatic heterocycles. The van der Waals surface area contributed by atoms with Gasteiger partial charge in [0.25, 0.3) is 0 Å². The van der Waals surface area contributed by atoms with Gasteiger partial charge in [-0.05, 0) is 31.1 Å². The summed E-state index contributed by atoms with van der Waals surface area (Å²) >= 11 is 0. The van der Waals surface area contributed by atoms with Gasteiger partial charge in [-0.1, -0.05) is 33.6 Å². The molecule has 1 saturated carbocycles. The lowest BCUT2D eigenvalue weighted by Gasteiger charge is -2.25. The highest BCUT2D eigenvalue weighted by molar-refractivity contribution is 5.57. The predicted octanol–water partition coefficient (Wildman–Crippen LogP) is 3.85. The van der Waals surface area contributed by atoms with Crippen LogP contribution in [-0.2, 0) is 6.42 Å². The molecule has 0 radical (unpaired) electrons. The second kappa shape index (κ2) is 6.91. The predicted molar refractivity (Wildman–Crippen MR) is 85.3 cm³/mol. The third kappa shape index (κ3) is 3.62. The lowest BCUT2D eigenvalue weighted by atomic mass is 9.89. The van der Waals surface area contributed by atoms with E-state index in [0.717, 1.165) is 37.6 Å². The second-order valence-corrected chi connectivity index (χ2v) is 6.20. The van der Waals surface area contributed by atoms with E-state index >= 15 is 0 Å². The van der Waals surface area contributed by atoms with Gasteiger partial charge in [0, 0.05) is 18.7 Å². The molecule has 0 aromatic carbocycles. The Labute approximate surface area is 122 Å². The Hall–Kier alpha value is -1.32. The number of nitrogens with zero attached hydrogens (tertiary/aromatic N) is 2. The van der Waals surface area contributed by atoms with Gasteiger partial charge in [0.15, 0.2) is 0 Å². The molecule has 1 aromatic heterocycles. The molecular formula is C16H28N4. The van der Waals surface area contributed by atoms with Crippen LogP contribution >= 0.6 is 0 Å². The van der Waals surface area contributed by atoms with Gasteiger partial charge in [0.2, 0.25) is 0 Å². The number of aromatic nitrogens is 2. The summed E-state index contributed by atoms with van der Waals surface area (Å²) in [4.78, 5) is 8.83. The maximum Gasteiger partial charge on any atom is 0.134 e. The summed E-state index contributed by atoms with van der Waals surface area (Å²) in [5, 5.41) is 6.97. The van der Waals surface area contributed by atoms with Crippen molar-refractivity contribution in [1.29, 1.82) is 0 Å². The zero-order valence-corrected chi connectivity index (χ0v) is 13.1. The van der Waals surface area contributed by atoms with Gasteiger partial charge in [-0.15, -0.1) is 0 Å². The molecule has 1 aromatic rings. The Balaban J connectivity index is 2.06. The smallest absolute Gasteiger partial charge is 0.134 e. The minimum absolute atomic E-state index is 0.437.